The van der Waals surface area contributed by atoms with E-state index in [0.29, 0.717) is 26.2 Å². The number of nitrogens with one attached hydrogen (secondary N) is 1. The molecule has 0 bridgehead atoms. The zero-order valence-corrected chi connectivity index (χ0v) is 17.2. The minimum atomic E-state index is -0.0566. The van der Waals surface area contributed by atoms with Crippen molar-refractivity contribution < 1.29 is 9.53 Å². The first-order chi connectivity index (χ1) is 14.1. The molecule has 152 valence electrons. The summed E-state index contributed by atoms with van der Waals surface area (Å²) in [6.45, 7) is 6.69. The summed E-state index contributed by atoms with van der Waals surface area (Å²) < 4.78 is 7.41. The van der Waals surface area contributed by atoms with Crippen LogP contribution in [-0.4, -0.2) is 52.3 Å². The number of urea groups is 1. The van der Waals surface area contributed by atoms with Gasteiger partial charge < -0.3 is 19.5 Å². The van der Waals surface area contributed by atoms with Crippen LogP contribution in [0.1, 0.15) is 29.3 Å². The number of rotatable bonds is 5. The Labute approximate surface area is 170 Å². The van der Waals surface area contributed by atoms with E-state index in [-0.39, 0.29) is 11.9 Å². The van der Waals surface area contributed by atoms with Crippen molar-refractivity contribution in [3.63, 3.8) is 0 Å². The van der Waals surface area contributed by atoms with Gasteiger partial charge in [0, 0.05) is 44.5 Å². The number of methoxy groups -OCH3 is 1. The van der Waals surface area contributed by atoms with Crippen LogP contribution in [0.25, 0.3) is 11.2 Å². The van der Waals surface area contributed by atoms with Gasteiger partial charge in [0.2, 0.25) is 0 Å². The Hall–Kier alpha value is -2.93. The van der Waals surface area contributed by atoms with E-state index in [9.17, 15) is 4.79 Å². The quantitative estimate of drug-likeness (QED) is 0.717. The minimum Gasteiger partial charge on any atom is -0.383 e. The normalized spacial score (nSPS) is 16.5. The fourth-order valence-electron chi connectivity index (χ4n) is 3.91. The summed E-state index contributed by atoms with van der Waals surface area (Å²) in [6, 6.07) is 9.92. The predicted molar refractivity (Wildman–Crippen MR) is 113 cm³/mol. The molecule has 1 atom stereocenters. The first-order valence-corrected chi connectivity index (χ1v) is 10.00. The molecule has 7 nitrogen and oxygen atoms in total. The second-order valence-electron chi connectivity index (χ2n) is 7.64. The molecule has 1 aromatic carbocycles. The molecule has 1 aliphatic rings. The van der Waals surface area contributed by atoms with Crippen LogP contribution >= 0.6 is 0 Å². The number of carbonyl (C=O) groups is 1. The highest BCUT2D eigenvalue weighted by Gasteiger charge is 2.31. The van der Waals surface area contributed by atoms with Crippen molar-refractivity contribution in [1.29, 1.82) is 0 Å². The molecule has 7 heteroatoms. The molecule has 0 saturated carbocycles. The Morgan fingerprint density at radius 2 is 2.17 bits per heavy atom. The number of imidazole rings is 1. The Bertz CT molecular complexity index is 1030. The average Bonchev–Trinajstić information content (AvgIpc) is 3.34. The van der Waals surface area contributed by atoms with Crippen molar-refractivity contribution in [2.75, 3.05) is 32.1 Å². The van der Waals surface area contributed by atoms with Gasteiger partial charge in [-0.3, -0.25) is 0 Å². The molecule has 2 amide bonds. The molecule has 1 fully saturated rings. The van der Waals surface area contributed by atoms with Crippen molar-refractivity contribution in [3.8, 4) is 0 Å². The topological polar surface area (TPSA) is 72.3 Å². The highest BCUT2D eigenvalue weighted by Crippen LogP contribution is 2.29. The number of hydrogen-bond donors (Lipinski definition) is 1. The van der Waals surface area contributed by atoms with Crippen molar-refractivity contribution >= 4 is 22.9 Å². The van der Waals surface area contributed by atoms with E-state index in [0.717, 1.165) is 40.2 Å². The number of aromatic nitrogens is 3. The number of carbonyl (C=O) groups excluding carboxylic acids is 1. The Kier molecular flexibility index (Phi) is 5.49. The number of pyridine rings is 1. The van der Waals surface area contributed by atoms with E-state index < -0.39 is 0 Å². The zero-order chi connectivity index (χ0) is 20.4. The maximum atomic E-state index is 12.8. The summed E-state index contributed by atoms with van der Waals surface area (Å²) in [5.41, 5.74) is 4.82. The van der Waals surface area contributed by atoms with Gasteiger partial charge in [-0.05, 0) is 49.6 Å². The fraction of sp³-hybridized carbons (Fsp3) is 0.409. The Balaban J connectivity index is 1.52. The summed E-state index contributed by atoms with van der Waals surface area (Å²) in [6.07, 6.45) is 2.67. The van der Waals surface area contributed by atoms with E-state index >= 15 is 0 Å². The van der Waals surface area contributed by atoms with Gasteiger partial charge in [0.05, 0.1) is 6.61 Å². The number of fused-ring (bicyclic) bond motifs is 1. The molecule has 3 heterocycles. The molecule has 4 rings (SSSR count). The van der Waals surface area contributed by atoms with E-state index in [1.165, 1.54) is 0 Å². The summed E-state index contributed by atoms with van der Waals surface area (Å²) >= 11 is 0. The molecule has 0 spiro atoms. The molecule has 3 aromatic rings. The molecule has 1 aliphatic heterocycles. The van der Waals surface area contributed by atoms with Crippen molar-refractivity contribution in [1.82, 2.24) is 19.4 Å². The molecular formula is C22H27N5O2. The van der Waals surface area contributed by atoms with Crippen molar-refractivity contribution in [2.24, 2.45) is 0 Å². The first kappa shape index (κ1) is 19.4. The van der Waals surface area contributed by atoms with Crippen LogP contribution in [0.15, 0.2) is 36.5 Å². The van der Waals surface area contributed by atoms with Crippen LogP contribution in [0.2, 0.25) is 0 Å². The second-order valence-corrected chi connectivity index (χ2v) is 7.64. The van der Waals surface area contributed by atoms with Gasteiger partial charge in [0.25, 0.3) is 0 Å². The lowest BCUT2D eigenvalue weighted by Crippen LogP contribution is -2.33. The zero-order valence-electron chi connectivity index (χ0n) is 17.2. The van der Waals surface area contributed by atoms with E-state index in [2.05, 4.69) is 20.9 Å². The third-order valence-corrected chi connectivity index (χ3v) is 5.53. The molecular weight excluding hydrogens is 366 g/mol. The third-order valence-electron chi connectivity index (χ3n) is 5.53. The summed E-state index contributed by atoms with van der Waals surface area (Å²) in [4.78, 5) is 24.1. The van der Waals surface area contributed by atoms with Crippen LogP contribution in [0.4, 0.5) is 10.5 Å². The van der Waals surface area contributed by atoms with Gasteiger partial charge in [-0.15, -0.1) is 0 Å². The summed E-state index contributed by atoms with van der Waals surface area (Å²) in [5, 5.41) is 3.07. The van der Waals surface area contributed by atoms with Crippen LogP contribution in [-0.2, 0) is 11.3 Å². The monoisotopic (exact) mass is 393 g/mol. The number of nitrogens with zero attached hydrogens (tertiary/aromatic N) is 4. The molecule has 2 aromatic heterocycles. The maximum Gasteiger partial charge on any atom is 0.321 e. The number of hydrogen-bond acceptors (Lipinski definition) is 4. The Morgan fingerprint density at radius 3 is 3.00 bits per heavy atom. The van der Waals surface area contributed by atoms with Gasteiger partial charge in [-0.25, -0.2) is 14.8 Å². The van der Waals surface area contributed by atoms with Crippen LogP contribution in [0.5, 0.6) is 0 Å². The second kappa shape index (κ2) is 8.21. The van der Waals surface area contributed by atoms with Gasteiger partial charge in [-0.1, -0.05) is 12.1 Å². The lowest BCUT2D eigenvalue weighted by Gasteiger charge is -2.19. The van der Waals surface area contributed by atoms with Crippen LogP contribution in [0, 0.1) is 13.8 Å². The third kappa shape index (κ3) is 3.96. The smallest absolute Gasteiger partial charge is 0.321 e. The molecule has 0 unspecified atom stereocenters. The number of benzene rings is 1. The molecule has 1 saturated heterocycles. The van der Waals surface area contributed by atoms with Gasteiger partial charge in [0.15, 0.2) is 5.65 Å². The van der Waals surface area contributed by atoms with E-state index in [1.807, 2.05) is 43.0 Å². The standard InChI is InChI=1S/C22H27N5O2/c1-15-6-7-16(2)19(13-15)25-22(28)26-10-8-17(14-26)20-24-18-5-4-9-23-21(18)27(20)11-12-29-3/h4-7,9,13,17H,8,10-12,14H2,1-3H3,(H,25,28)/t17-/m1/s1. The first-order valence-electron chi connectivity index (χ1n) is 10.00. The number of likely N-dealkylation sites (tertiary alicyclic amines) is 1. The van der Waals surface area contributed by atoms with Gasteiger partial charge >= 0.3 is 6.03 Å². The van der Waals surface area contributed by atoms with Gasteiger partial charge in [-0.2, -0.15) is 0 Å². The lowest BCUT2D eigenvalue weighted by molar-refractivity contribution is 0.186. The van der Waals surface area contributed by atoms with Crippen molar-refractivity contribution in [3.05, 3.63) is 53.5 Å². The van der Waals surface area contributed by atoms with E-state index in [1.54, 1.807) is 13.3 Å². The number of anilines is 1. The average molecular weight is 393 g/mol. The number of amides is 2. The van der Waals surface area contributed by atoms with Crippen LogP contribution in [0.3, 0.4) is 0 Å². The molecule has 0 radical (unpaired) electrons. The maximum absolute atomic E-state index is 12.8. The van der Waals surface area contributed by atoms with Gasteiger partial charge in [0.1, 0.15) is 11.3 Å². The lowest BCUT2D eigenvalue weighted by atomic mass is 10.1. The molecule has 1 N–H and O–H groups in total. The number of aryl methyl sites for hydroxylation is 2. The fourth-order valence-corrected chi connectivity index (χ4v) is 3.91. The van der Waals surface area contributed by atoms with Crippen molar-refractivity contribution in [2.45, 2.75) is 32.7 Å². The minimum absolute atomic E-state index is 0.0566. The number of ether oxygens (including phenoxy) is 1. The summed E-state index contributed by atoms with van der Waals surface area (Å²) in [5.74, 6) is 1.17. The SMILES string of the molecule is COCCn1c([C@@H]2CCN(C(=O)Nc3cc(C)ccc3C)C2)nc2cccnc21. The Morgan fingerprint density at radius 1 is 1.31 bits per heavy atom. The van der Waals surface area contributed by atoms with Crippen LogP contribution < -0.4 is 5.32 Å². The summed E-state index contributed by atoms with van der Waals surface area (Å²) in [7, 11) is 1.70. The highest BCUT2D eigenvalue weighted by molar-refractivity contribution is 5.90. The van der Waals surface area contributed by atoms with E-state index in [4.69, 9.17) is 9.72 Å². The highest BCUT2D eigenvalue weighted by atomic mass is 16.5. The molecule has 0 aliphatic carbocycles. The predicted octanol–water partition coefficient (Wildman–Crippen LogP) is 3.72. The largest absolute Gasteiger partial charge is 0.383 e. The molecule has 29 heavy (non-hydrogen) atoms.